The normalized spacial score (nSPS) is 14.7. The minimum atomic E-state index is -0.964. The second kappa shape index (κ2) is 10.6. The van der Waals surface area contributed by atoms with E-state index in [0.717, 1.165) is 19.3 Å². The summed E-state index contributed by atoms with van der Waals surface area (Å²) < 4.78 is 10.3. The van der Waals surface area contributed by atoms with E-state index in [9.17, 15) is 14.7 Å². The van der Waals surface area contributed by atoms with Crippen LogP contribution in [0.25, 0.3) is 0 Å². The van der Waals surface area contributed by atoms with Crippen molar-refractivity contribution >= 4 is 11.8 Å². The van der Waals surface area contributed by atoms with Gasteiger partial charge in [-0.25, -0.2) is 0 Å². The van der Waals surface area contributed by atoms with Crippen LogP contribution in [0.2, 0.25) is 0 Å². The molecule has 1 aliphatic carbocycles. The standard InChI is InChI=1S/C20H28N2O5/c1-26-17-9-8-15(12-18(17)27-2)16(23)13-22-20(25)19(24)21-11-10-14-6-4-3-5-7-14/h6,8-9,12,16,23H,3-5,7,10-11,13H2,1-2H3,(H,21,24)(H,22,25). The average Bonchev–Trinajstić information content (AvgIpc) is 2.71. The fourth-order valence-corrected chi connectivity index (χ4v) is 3.00. The molecule has 0 spiro atoms. The smallest absolute Gasteiger partial charge is 0.309 e. The van der Waals surface area contributed by atoms with E-state index in [2.05, 4.69) is 16.7 Å². The van der Waals surface area contributed by atoms with Gasteiger partial charge in [0, 0.05) is 13.1 Å². The van der Waals surface area contributed by atoms with Crippen LogP contribution in [0.4, 0.5) is 0 Å². The summed E-state index contributed by atoms with van der Waals surface area (Å²) in [7, 11) is 3.03. The van der Waals surface area contributed by atoms with Crippen molar-refractivity contribution in [2.24, 2.45) is 0 Å². The summed E-state index contributed by atoms with van der Waals surface area (Å²) in [4.78, 5) is 23.7. The lowest BCUT2D eigenvalue weighted by molar-refractivity contribution is -0.139. The van der Waals surface area contributed by atoms with Gasteiger partial charge in [0.2, 0.25) is 0 Å². The molecule has 0 aromatic heterocycles. The molecule has 1 aliphatic rings. The van der Waals surface area contributed by atoms with Gasteiger partial charge in [-0.2, -0.15) is 0 Å². The van der Waals surface area contributed by atoms with Crippen molar-refractivity contribution in [1.29, 1.82) is 0 Å². The molecule has 1 atom stereocenters. The van der Waals surface area contributed by atoms with Crippen LogP contribution in [0.1, 0.15) is 43.8 Å². The molecule has 27 heavy (non-hydrogen) atoms. The monoisotopic (exact) mass is 376 g/mol. The van der Waals surface area contributed by atoms with Crippen LogP contribution in [0, 0.1) is 0 Å². The van der Waals surface area contributed by atoms with Crippen LogP contribution in [-0.2, 0) is 9.59 Å². The van der Waals surface area contributed by atoms with Gasteiger partial charge < -0.3 is 25.2 Å². The number of carbonyl (C=O) groups is 2. The molecule has 7 nitrogen and oxygen atoms in total. The molecule has 0 heterocycles. The van der Waals surface area contributed by atoms with Gasteiger partial charge in [0.05, 0.1) is 20.3 Å². The predicted octanol–water partition coefficient (Wildman–Crippen LogP) is 1.86. The molecule has 1 aromatic rings. The van der Waals surface area contributed by atoms with E-state index in [0.29, 0.717) is 23.6 Å². The predicted molar refractivity (Wildman–Crippen MR) is 102 cm³/mol. The van der Waals surface area contributed by atoms with Crippen LogP contribution in [0.15, 0.2) is 29.8 Å². The molecule has 1 unspecified atom stereocenters. The number of carbonyl (C=O) groups excluding carboxylic acids is 2. The van der Waals surface area contributed by atoms with Crippen molar-refractivity contribution < 1.29 is 24.2 Å². The summed E-state index contributed by atoms with van der Waals surface area (Å²) in [6.07, 6.45) is 6.60. The molecule has 0 radical (unpaired) electrons. The third kappa shape index (κ3) is 6.29. The Balaban J connectivity index is 1.76. The number of allylic oxidation sites excluding steroid dienone is 1. The number of nitrogens with one attached hydrogen (secondary N) is 2. The van der Waals surface area contributed by atoms with E-state index in [1.54, 1.807) is 18.2 Å². The Morgan fingerprint density at radius 2 is 1.85 bits per heavy atom. The summed E-state index contributed by atoms with van der Waals surface area (Å²) in [5, 5.41) is 15.3. The lowest BCUT2D eigenvalue weighted by atomic mass is 9.97. The average molecular weight is 376 g/mol. The number of ether oxygens (including phenoxy) is 2. The van der Waals surface area contributed by atoms with Gasteiger partial charge in [-0.1, -0.05) is 17.7 Å². The largest absolute Gasteiger partial charge is 0.493 e. The van der Waals surface area contributed by atoms with Crippen molar-refractivity contribution in [1.82, 2.24) is 10.6 Å². The van der Waals surface area contributed by atoms with Gasteiger partial charge in [0.1, 0.15) is 0 Å². The minimum absolute atomic E-state index is 0.0765. The van der Waals surface area contributed by atoms with Crippen LogP contribution in [0.5, 0.6) is 11.5 Å². The number of rotatable bonds is 8. The number of hydrogen-bond donors (Lipinski definition) is 3. The Bertz CT molecular complexity index is 687. The van der Waals surface area contributed by atoms with Crippen LogP contribution < -0.4 is 20.1 Å². The molecule has 0 fully saturated rings. The zero-order chi connectivity index (χ0) is 19.6. The number of methoxy groups -OCH3 is 2. The second-order valence-electron chi connectivity index (χ2n) is 6.45. The maximum Gasteiger partial charge on any atom is 0.309 e. The van der Waals surface area contributed by atoms with E-state index in [1.165, 1.54) is 32.6 Å². The van der Waals surface area contributed by atoms with Gasteiger partial charge in [-0.05, 0) is 49.8 Å². The topological polar surface area (TPSA) is 96.9 Å². The summed E-state index contributed by atoms with van der Waals surface area (Å²) in [5.41, 5.74) is 1.89. The van der Waals surface area contributed by atoms with Crippen molar-refractivity contribution in [3.63, 3.8) is 0 Å². The fourth-order valence-electron chi connectivity index (χ4n) is 3.00. The first-order valence-electron chi connectivity index (χ1n) is 9.19. The summed E-state index contributed by atoms with van der Waals surface area (Å²) in [6.45, 7) is 0.364. The lowest BCUT2D eigenvalue weighted by Crippen LogP contribution is -2.41. The maximum absolute atomic E-state index is 11.9. The van der Waals surface area contributed by atoms with E-state index < -0.39 is 17.9 Å². The minimum Gasteiger partial charge on any atom is -0.493 e. The van der Waals surface area contributed by atoms with Gasteiger partial charge in [-0.3, -0.25) is 9.59 Å². The molecule has 2 rings (SSSR count). The Hall–Kier alpha value is -2.54. The number of amides is 2. The van der Waals surface area contributed by atoms with E-state index in [1.807, 2.05) is 0 Å². The Morgan fingerprint density at radius 1 is 1.11 bits per heavy atom. The lowest BCUT2D eigenvalue weighted by Gasteiger charge is -2.15. The Kier molecular flexibility index (Phi) is 8.13. The molecule has 2 amide bonds. The molecule has 1 aromatic carbocycles. The zero-order valence-electron chi connectivity index (χ0n) is 15.9. The number of benzene rings is 1. The van der Waals surface area contributed by atoms with Crippen LogP contribution in [0.3, 0.4) is 0 Å². The maximum atomic E-state index is 11.9. The van der Waals surface area contributed by atoms with Crippen LogP contribution >= 0.6 is 0 Å². The second-order valence-corrected chi connectivity index (χ2v) is 6.45. The number of hydrogen-bond acceptors (Lipinski definition) is 5. The Morgan fingerprint density at radius 3 is 2.52 bits per heavy atom. The van der Waals surface area contributed by atoms with E-state index in [-0.39, 0.29) is 6.54 Å². The van der Waals surface area contributed by atoms with Gasteiger partial charge in [-0.15, -0.1) is 0 Å². The highest BCUT2D eigenvalue weighted by Crippen LogP contribution is 2.29. The van der Waals surface area contributed by atoms with Crippen LogP contribution in [-0.4, -0.2) is 44.2 Å². The highest BCUT2D eigenvalue weighted by atomic mass is 16.5. The first-order chi connectivity index (χ1) is 13.0. The SMILES string of the molecule is COc1ccc(C(O)CNC(=O)C(=O)NCCC2=CCCCC2)cc1OC. The summed E-state index contributed by atoms with van der Waals surface area (Å²) in [6, 6.07) is 4.98. The van der Waals surface area contributed by atoms with Gasteiger partial charge in [0.25, 0.3) is 0 Å². The third-order valence-corrected chi connectivity index (χ3v) is 4.57. The third-order valence-electron chi connectivity index (χ3n) is 4.57. The molecule has 7 heteroatoms. The Labute approximate surface area is 159 Å². The van der Waals surface area contributed by atoms with E-state index in [4.69, 9.17) is 9.47 Å². The molecular weight excluding hydrogens is 348 g/mol. The molecule has 0 bridgehead atoms. The zero-order valence-corrected chi connectivity index (χ0v) is 15.9. The van der Waals surface area contributed by atoms with Crippen molar-refractivity contribution in [2.75, 3.05) is 27.3 Å². The summed E-state index contributed by atoms with van der Waals surface area (Å²) in [5.74, 6) is -0.418. The molecule has 0 saturated heterocycles. The van der Waals surface area contributed by atoms with Crippen molar-refractivity contribution in [2.45, 2.75) is 38.2 Å². The highest BCUT2D eigenvalue weighted by molar-refractivity contribution is 6.35. The van der Waals surface area contributed by atoms with E-state index >= 15 is 0 Å². The molecule has 148 valence electrons. The molecular formula is C20H28N2O5. The van der Waals surface area contributed by atoms with Crippen molar-refractivity contribution in [3.05, 3.63) is 35.4 Å². The first kappa shape index (κ1) is 20.8. The van der Waals surface area contributed by atoms with Gasteiger partial charge in [0.15, 0.2) is 11.5 Å². The quantitative estimate of drug-likeness (QED) is 0.475. The summed E-state index contributed by atoms with van der Waals surface area (Å²) >= 11 is 0. The molecule has 0 aliphatic heterocycles. The number of aliphatic hydroxyl groups excluding tert-OH is 1. The van der Waals surface area contributed by atoms with Crippen molar-refractivity contribution in [3.8, 4) is 11.5 Å². The molecule has 3 N–H and O–H groups in total. The molecule has 0 saturated carbocycles. The fraction of sp³-hybridized carbons (Fsp3) is 0.500. The highest BCUT2D eigenvalue weighted by Gasteiger charge is 2.17. The van der Waals surface area contributed by atoms with Gasteiger partial charge >= 0.3 is 11.8 Å². The first-order valence-corrected chi connectivity index (χ1v) is 9.19. The number of aliphatic hydroxyl groups is 1.